The summed E-state index contributed by atoms with van der Waals surface area (Å²) >= 11 is 0. The number of carbonyl (C=O) groups is 2. The molecule has 1 N–H and O–H groups in total. The van der Waals surface area contributed by atoms with Gasteiger partial charge in [0, 0.05) is 6.20 Å². The lowest BCUT2D eigenvalue weighted by Gasteiger charge is -2.18. The number of rotatable bonds is 5. The third kappa shape index (κ3) is 3.79. The number of anilines is 1. The summed E-state index contributed by atoms with van der Waals surface area (Å²) in [5.41, 5.74) is 2.28. The highest BCUT2D eigenvalue weighted by molar-refractivity contribution is 7.92. The smallest absolute Gasteiger partial charge is 0.279 e. The fourth-order valence-electron chi connectivity index (χ4n) is 3.46. The number of amides is 2. The summed E-state index contributed by atoms with van der Waals surface area (Å²) in [5.74, 6) is -1.97. The van der Waals surface area contributed by atoms with Gasteiger partial charge in [-0.05, 0) is 55.3 Å². The minimum absolute atomic E-state index is 0.00687. The first-order valence-electron chi connectivity index (χ1n) is 9.37. The van der Waals surface area contributed by atoms with E-state index in [1.807, 2.05) is 13.0 Å². The molecule has 31 heavy (non-hydrogen) atoms. The summed E-state index contributed by atoms with van der Waals surface area (Å²) < 4.78 is 42.6. The van der Waals surface area contributed by atoms with Crippen LogP contribution in [0.15, 0.2) is 59.6 Å². The van der Waals surface area contributed by atoms with Crippen LogP contribution < -0.4 is 4.72 Å². The molecule has 9 heteroatoms. The zero-order chi connectivity index (χ0) is 22.3. The number of carbonyl (C=O) groups excluding carboxylic acids is 2. The van der Waals surface area contributed by atoms with E-state index in [9.17, 15) is 22.4 Å². The standard InChI is InChI=1S/C22H18FN3O4S/c1-13-5-8-18(14(2)10-13)25-31(29,30)19-11-16(23)7-6-15(19)12-26-21(27)17-4-3-9-24-20(17)22(26)28/h3-11,25H,12H2,1-2H3. The number of nitrogens with one attached hydrogen (secondary N) is 1. The molecular formula is C22H18FN3O4S. The van der Waals surface area contributed by atoms with Crippen LogP contribution in [-0.2, 0) is 16.6 Å². The second kappa shape index (κ2) is 7.59. The quantitative estimate of drug-likeness (QED) is 0.615. The fraction of sp³-hybridized carbons (Fsp3) is 0.136. The summed E-state index contributed by atoms with van der Waals surface area (Å²) in [4.78, 5) is 29.7. The summed E-state index contributed by atoms with van der Waals surface area (Å²) in [6.07, 6.45) is 1.40. The van der Waals surface area contributed by atoms with Crippen molar-refractivity contribution in [2.24, 2.45) is 0 Å². The first-order chi connectivity index (χ1) is 14.7. The van der Waals surface area contributed by atoms with Crippen molar-refractivity contribution >= 4 is 27.5 Å². The second-order valence-corrected chi connectivity index (χ2v) is 8.92. The predicted molar refractivity (Wildman–Crippen MR) is 112 cm³/mol. The molecular weight excluding hydrogens is 421 g/mol. The fourth-order valence-corrected chi connectivity index (χ4v) is 4.84. The van der Waals surface area contributed by atoms with Crippen molar-refractivity contribution in [2.45, 2.75) is 25.3 Å². The van der Waals surface area contributed by atoms with Crippen molar-refractivity contribution in [2.75, 3.05) is 4.72 Å². The zero-order valence-electron chi connectivity index (χ0n) is 16.7. The predicted octanol–water partition coefficient (Wildman–Crippen LogP) is 3.43. The molecule has 2 amide bonds. The van der Waals surface area contributed by atoms with Gasteiger partial charge in [0.05, 0.1) is 22.7 Å². The molecule has 1 aromatic heterocycles. The van der Waals surface area contributed by atoms with E-state index in [0.29, 0.717) is 11.3 Å². The summed E-state index contributed by atoms with van der Waals surface area (Å²) in [5, 5.41) is 0. The highest BCUT2D eigenvalue weighted by Gasteiger charge is 2.37. The van der Waals surface area contributed by atoms with E-state index in [4.69, 9.17) is 0 Å². The van der Waals surface area contributed by atoms with Crippen LogP contribution in [0, 0.1) is 19.7 Å². The topological polar surface area (TPSA) is 96.4 Å². The average Bonchev–Trinajstić information content (AvgIpc) is 2.96. The molecule has 0 saturated heterocycles. The third-order valence-electron chi connectivity index (χ3n) is 5.00. The van der Waals surface area contributed by atoms with Crippen LogP contribution in [0.3, 0.4) is 0 Å². The molecule has 0 fully saturated rings. The molecule has 0 aliphatic carbocycles. The monoisotopic (exact) mass is 439 g/mol. The molecule has 2 heterocycles. The number of halogens is 1. The molecule has 0 radical (unpaired) electrons. The number of benzene rings is 2. The van der Waals surface area contributed by atoms with Crippen LogP contribution >= 0.6 is 0 Å². The van der Waals surface area contributed by atoms with E-state index in [2.05, 4.69) is 9.71 Å². The van der Waals surface area contributed by atoms with Gasteiger partial charge in [-0.2, -0.15) is 0 Å². The highest BCUT2D eigenvalue weighted by Crippen LogP contribution is 2.27. The number of fused-ring (bicyclic) bond motifs is 1. The maximum Gasteiger partial charge on any atom is 0.280 e. The lowest BCUT2D eigenvalue weighted by atomic mass is 10.1. The van der Waals surface area contributed by atoms with E-state index in [0.717, 1.165) is 22.6 Å². The average molecular weight is 439 g/mol. The largest absolute Gasteiger partial charge is 0.280 e. The number of pyridine rings is 1. The van der Waals surface area contributed by atoms with E-state index in [-0.39, 0.29) is 28.3 Å². The Balaban J connectivity index is 1.70. The minimum atomic E-state index is -4.20. The van der Waals surface area contributed by atoms with Gasteiger partial charge in [0.25, 0.3) is 21.8 Å². The van der Waals surface area contributed by atoms with Gasteiger partial charge in [-0.3, -0.25) is 24.2 Å². The summed E-state index contributed by atoms with van der Waals surface area (Å²) in [6, 6.07) is 11.4. The Bertz CT molecular complexity index is 1300. The second-order valence-electron chi connectivity index (χ2n) is 7.27. The molecule has 158 valence electrons. The van der Waals surface area contributed by atoms with Crippen LogP contribution in [0.2, 0.25) is 0 Å². The highest BCUT2D eigenvalue weighted by atomic mass is 32.2. The molecule has 1 aliphatic heterocycles. The molecule has 3 aromatic rings. The lowest BCUT2D eigenvalue weighted by molar-refractivity contribution is 0.0639. The number of hydrogen-bond donors (Lipinski definition) is 1. The van der Waals surface area contributed by atoms with Gasteiger partial charge in [-0.15, -0.1) is 0 Å². The number of imide groups is 1. The molecule has 2 aromatic carbocycles. The molecule has 0 saturated carbocycles. The Kier molecular flexibility index (Phi) is 5.06. The first kappa shape index (κ1) is 20.7. The SMILES string of the molecule is Cc1ccc(NS(=O)(=O)c2cc(F)ccc2CN2C(=O)c3cccnc3C2=O)c(C)c1. The van der Waals surface area contributed by atoms with Crippen molar-refractivity contribution < 1.29 is 22.4 Å². The molecule has 4 rings (SSSR count). The number of nitrogens with zero attached hydrogens (tertiary/aromatic N) is 2. The van der Waals surface area contributed by atoms with Crippen LogP contribution in [-0.4, -0.2) is 30.1 Å². The molecule has 0 bridgehead atoms. The Labute approximate surface area is 178 Å². The van der Waals surface area contributed by atoms with Gasteiger partial charge in [0.2, 0.25) is 0 Å². The molecule has 7 nitrogen and oxygen atoms in total. The molecule has 0 unspecified atom stereocenters. The Morgan fingerprint density at radius 1 is 1.03 bits per heavy atom. The van der Waals surface area contributed by atoms with Gasteiger partial charge in [0.1, 0.15) is 11.5 Å². The van der Waals surface area contributed by atoms with Gasteiger partial charge in [-0.25, -0.2) is 12.8 Å². The Morgan fingerprint density at radius 2 is 1.81 bits per heavy atom. The van der Waals surface area contributed by atoms with E-state index < -0.39 is 27.7 Å². The van der Waals surface area contributed by atoms with E-state index >= 15 is 0 Å². The normalized spacial score (nSPS) is 13.5. The number of hydrogen-bond acceptors (Lipinski definition) is 5. The van der Waals surface area contributed by atoms with Crippen molar-refractivity contribution in [3.05, 3.63) is 88.5 Å². The van der Waals surface area contributed by atoms with Gasteiger partial charge < -0.3 is 0 Å². The number of aromatic nitrogens is 1. The molecule has 0 atom stereocenters. The Morgan fingerprint density at radius 3 is 2.52 bits per heavy atom. The minimum Gasteiger partial charge on any atom is -0.279 e. The van der Waals surface area contributed by atoms with Crippen molar-refractivity contribution in [3.8, 4) is 0 Å². The van der Waals surface area contributed by atoms with Crippen molar-refractivity contribution in [1.82, 2.24) is 9.88 Å². The van der Waals surface area contributed by atoms with Crippen LogP contribution in [0.5, 0.6) is 0 Å². The van der Waals surface area contributed by atoms with Gasteiger partial charge in [0.15, 0.2) is 0 Å². The number of sulfonamides is 1. The molecule has 0 spiro atoms. The van der Waals surface area contributed by atoms with Gasteiger partial charge >= 0.3 is 0 Å². The van der Waals surface area contributed by atoms with E-state index in [1.165, 1.54) is 24.4 Å². The molecule has 1 aliphatic rings. The summed E-state index contributed by atoms with van der Waals surface area (Å²) in [7, 11) is -4.20. The van der Waals surface area contributed by atoms with Crippen LogP contribution in [0.4, 0.5) is 10.1 Å². The zero-order valence-corrected chi connectivity index (χ0v) is 17.5. The lowest BCUT2D eigenvalue weighted by Crippen LogP contribution is -2.30. The maximum absolute atomic E-state index is 14.0. The summed E-state index contributed by atoms with van der Waals surface area (Å²) in [6.45, 7) is 3.30. The van der Waals surface area contributed by atoms with E-state index in [1.54, 1.807) is 19.1 Å². The van der Waals surface area contributed by atoms with Crippen molar-refractivity contribution in [1.29, 1.82) is 0 Å². The Hall–Kier alpha value is -3.59. The first-order valence-corrected chi connectivity index (χ1v) is 10.9. The number of aryl methyl sites for hydroxylation is 2. The van der Waals surface area contributed by atoms with Gasteiger partial charge in [-0.1, -0.05) is 23.8 Å². The maximum atomic E-state index is 14.0. The third-order valence-corrected chi connectivity index (χ3v) is 6.45. The van der Waals surface area contributed by atoms with Crippen LogP contribution in [0.1, 0.15) is 37.5 Å². The van der Waals surface area contributed by atoms with Crippen LogP contribution in [0.25, 0.3) is 0 Å². The van der Waals surface area contributed by atoms with Crippen molar-refractivity contribution in [3.63, 3.8) is 0 Å².